The van der Waals surface area contributed by atoms with E-state index in [2.05, 4.69) is 5.32 Å². The molecule has 6 heteroatoms. The average Bonchev–Trinajstić information content (AvgIpc) is 2.84. The molecule has 0 aromatic heterocycles. The van der Waals surface area contributed by atoms with Crippen molar-refractivity contribution in [1.82, 2.24) is 5.32 Å². The highest BCUT2D eigenvalue weighted by Crippen LogP contribution is 2.30. The minimum absolute atomic E-state index is 0. The zero-order chi connectivity index (χ0) is 16.1. The van der Waals surface area contributed by atoms with Crippen LogP contribution in [-0.4, -0.2) is 25.7 Å². The summed E-state index contributed by atoms with van der Waals surface area (Å²) in [6.45, 7) is 1.60. The highest BCUT2D eigenvalue weighted by atomic mass is 35.5. The van der Waals surface area contributed by atoms with Gasteiger partial charge in [-0.1, -0.05) is 30.3 Å². The molecule has 128 valence electrons. The standard InChI is InChI=1S/C18H20N2O3.ClH/c19-15(13-5-2-1-3-6-13)12-20-18(21)14-7-8-16-17(11-14)23-10-4-9-22-16;/h1-3,5-8,11,15H,4,9-10,12,19H2,(H,20,21);1H. The maximum Gasteiger partial charge on any atom is 0.251 e. The number of halogens is 1. The minimum atomic E-state index is -0.236. The first-order chi connectivity index (χ1) is 11.2. The van der Waals surface area contributed by atoms with E-state index in [1.54, 1.807) is 18.2 Å². The van der Waals surface area contributed by atoms with Gasteiger partial charge in [-0.05, 0) is 23.8 Å². The first-order valence-corrected chi connectivity index (χ1v) is 7.72. The van der Waals surface area contributed by atoms with E-state index in [4.69, 9.17) is 15.2 Å². The molecule has 1 aliphatic rings. The van der Waals surface area contributed by atoms with Crippen molar-refractivity contribution in [3.05, 3.63) is 59.7 Å². The summed E-state index contributed by atoms with van der Waals surface area (Å²) >= 11 is 0. The van der Waals surface area contributed by atoms with Crippen molar-refractivity contribution in [3.63, 3.8) is 0 Å². The van der Waals surface area contributed by atoms with Crippen LogP contribution in [0.1, 0.15) is 28.4 Å². The lowest BCUT2D eigenvalue weighted by Crippen LogP contribution is -2.31. The molecule has 3 rings (SSSR count). The largest absolute Gasteiger partial charge is 0.490 e. The number of carbonyl (C=O) groups excluding carboxylic acids is 1. The number of amides is 1. The van der Waals surface area contributed by atoms with Gasteiger partial charge in [-0.25, -0.2) is 0 Å². The molecule has 1 unspecified atom stereocenters. The number of rotatable bonds is 4. The van der Waals surface area contributed by atoms with Gasteiger partial charge in [-0.2, -0.15) is 0 Å². The van der Waals surface area contributed by atoms with E-state index in [0.717, 1.165) is 12.0 Å². The summed E-state index contributed by atoms with van der Waals surface area (Å²) in [7, 11) is 0. The van der Waals surface area contributed by atoms with E-state index < -0.39 is 0 Å². The molecule has 1 amide bonds. The van der Waals surface area contributed by atoms with Gasteiger partial charge in [-0.15, -0.1) is 12.4 Å². The Morgan fingerprint density at radius 1 is 1.08 bits per heavy atom. The van der Waals surface area contributed by atoms with Crippen molar-refractivity contribution in [2.45, 2.75) is 12.5 Å². The summed E-state index contributed by atoms with van der Waals surface area (Å²) in [5.74, 6) is 1.12. The van der Waals surface area contributed by atoms with Crippen LogP contribution in [0.25, 0.3) is 0 Å². The first kappa shape index (κ1) is 18.1. The predicted octanol–water partition coefficient (Wildman–Crippen LogP) is 2.70. The Morgan fingerprint density at radius 3 is 2.54 bits per heavy atom. The van der Waals surface area contributed by atoms with Crippen LogP contribution in [0.3, 0.4) is 0 Å². The topological polar surface area (TPSA) is 73.6 Å². The summed E-state index contributed by atoms with van der Waals surface area (Å²) in [6, 6.07) is 14.7. The second-order valence-electron chi connectivity index (χ2n) is 5.44. The van der Waals surface area contributed by atoms with Crippen molar-refractivity contribution in [2.75, 3.05) is 19.8 Å². The molecule has 0 radical (unpaired) electrons. The van der Waals surface area contributed by atoms with Crippen LogP contribution in [-0.2, 0) is 0 Å². The quantitative estimate of drug-likeness (QED) is 0.891. The third-order valence-electron chi connectivity index (χ3n) is 3.72. The van der Waals surface area contributed by atoms with Crippen LogP contribution in [0.5, 0.6) is 11.5 Å². The monoisotopic (exact) mass is 348 g/mol. The van der Waals surface area contributed by atoms with Gasteiger partial charge in [0.2, 0.25) is 0 Å². The molecular weight excluding hydrogens is 328 g/mol. The Labute approximate surface area is 147 Å². The second kappa shape index (κ2) is 8.57. The highest BCUT2D eigenvalue weighted by Gasteiger charge is 2.15. The SMILES string of the molecule is Cl.NC(CNC(=O)c1ccc2c(c1)OCCCO2)c1ccccc1. The van der Waals surface area contributed by atoms with Gasteiger partial charge in [0.15, 0.2) is 11.5 Å². The van der Waals surface area contributed by atoms with Crippen molar-refractivity contribution < 1.29 is 14.3 Å². The van der Waals surface area contributed by atoms with E-state index in [1.165, 1.54) is 0 Å². The number of ether oxygens (including phenoxy) is 2. The van der Waals surface area contributed by atoms with Crippen LogP contribution >= 0.6 is 12.4 Å². The molecule has 0 spiro atoms. The summed E-state index contributed by atoms with van der Waals surface area (Å²) in [4.78, 5) is 12.3. The third-order valence-corrected chi connectivity index (χ3v) is 3.72. The van der Waals surface area contributed by atoms with Crippen LogP contribution in [0, 0.1) is 0 Å². The zero-order valence-electron chi connectivity index (χ0n) is 13.2. The molecule has 24 heavy (non-hydrogen) atoms. The fourth-order valence-corrected chi connectivity index (χ4v) is 2.43. The molecule has 1 atom stereocenters. The fourth-order valence-electron chi connectivity index (χ4n) is 2.43. The summed E-state index contributed by atoms with van der Waals surface area (Å²) < 4.78 is 11.2. The van der Waals surface area contributed by atoms with E-state index in [1.807, 2.05) is 30.3 Å². The lowest BCUT2D eigenvalue weighted by molar-refractivity contribution is 0.0950. The number of benzene rings is 2. The molecule has 1 aliphatic heterocycles. The minimum Gasteiger partial charge on any atom is -0.490 e. The number of nitrogens with one attached hydrogen (secondary N) is 1. The second-order valence-corrected chi connectivity index (χ2v) is 5.44. The Bertz CT molecular complexity index is 679. The molecular formula is C18H21ClN2O3. The van der Waals surface area contributed by atoms with Gasteiger partial charge in [0.25, 0.3) is 5.91 Å². The van der Waals surface area contributed by atoms with Crippen LogP contribution < -0.4 is 20.5 Å². The van der Waals surface area contributed by atoms with Gasteiger partial charge >= 0.3 is 0 Å². The molecule has 0 bridgehead atoms. The Hall–Kier alpha value is -2.24. The molecule has 2 aromatic carbocycles. The lowest BCUT2D eigenvalue weighted by Gasteiger charge is -2.14. The van der Waals surface area contributed by atoms with E-state index in [0.29, 0.717) is 36.8 Å². The van der Waals surface area contributed by atoms with Crippen LogP contribution in [0.2, 0.25) is 0 Å². The molecule has 2 aromatic rings. The molecule has 0 saturated carbocycles. The van der Waals surface area contributed by atoms with Gasteiger partial charge in [0, 0.05) is 24.6 Å². The van der Waals surface area contributed by atoms with Gasteiger partial charge in [0.05, 0.1) is 13.2 Å². The molecule has 3 N–H and O–H groups in total. The lowest BCUT2D eigenvalue weighted by atomic mass is 10.1. The molecule has 1 heterocycles. The summed E-state index contributed by atoms with van der Waals surface area (Å²) in [5, 5.41) is 2.86. The Balaban J connectivity index is 0.00000208. The van der Waals surface area contributed by atoms with Gasteiger partial charge in [-0.3, -0.25) is 4.79 Å². The first-order valence-electron chi connectivity index (χ1n) is 7.72. The van der Waals surface area contributed by atoms with Crippen molar-refractivity contribution >= 4 is 18.3 Å². The van der Waals surface area contributed by atoms with E-state index in [-0.39, 0.29) is 24.4 Å². The van der Waals surface area contributed by atoms with E-state index >= 15 is 0 Å². The smallest absolute Gasteiger partial charge is 0.251 e. The van der Waals surface area contributed by atoms with Crippen molar-refractivity contribution in [1.29, 1.82) is 0 Å². The fraction of sp³-hybridized carbons (Fsp3) is 0.278. The van der Waals surface area contributed by atoms with Crippen molar-refractivity contribution in [2.24, 2.45) is 5.73 Å². The number of hydrogen-bond donors (Lipinski definition) is 2. The Morgan fingerprint density at radius 2 is 1.79 bits per heavy atom. The Kier molecular flexibility index (Phi) is 6.46. The van der Waals surface area contributed by atoms with Gasteiger partial charge < -0.3 is 20.5 Å². The third kappa shape index (κ3) is 4.40. The molecule has 5 nitrogen and oxygen atoms in total. The molecule has 0 fully saturated rings. The predicted molar refractivity (Wildman–Crippen MR) is 95.0 cm³/mol. The number of fused-ring (bicyclic) bond motifs is 1. The van der Waals surface area contributed by atoms with Crippen LogP contribution in [0.4, 0.5) is 0 Å². The van der Waals surface area contributed by atoms with Crippen molar-refractivity contribution in [3.8, 4) is 11.5 Å². The number of carbonyl (C=O) groups is 1. The normalized spacial score (nSPS) is 14.0. The summed E-state index contributed by atoms with van der Waals surface area (Å²) in [5.41, 5.74) is 7.62. The van der Waals surface area contributed by atoms with Gasteiger partial charge in [0.1, 0.15) is 0 Å². The van der Waals surface area contributed by atoms with E-state index in [9.17, 15) is 4.79 Å². The number of nitrogens with two attached hydrogens (primary N) is 1. The molecule has 0 aliphatic carbocycles. The zero-order valence-corrected chi connectivity index (χ0v) is 14.1. The maximum atomic E-state index is 12.3. The maximum absolute atomic E-state index is 12.3. The van der Waals surface area contributed by atoms with Crippen LogP contribution in [0.15, 0.2) is 48.5 Å². The highest BCUT2D eigenvalue weighted by molar-refractivity contribution is 5.94. The molecule has 0 saturated heterocycles. The summed E-state index contributed by atoms with van der Waals surface area (Å²) in [6.07, 6.45) is 0.835. The average molecular weight is 349 g/mol. The number of hydrogen-bond acceptors (Lipinski definition) is 4.